The first-order chi connectivity index (χ1) is 11.1. The first-order valence-corrected chi connectivity index (χ1v) is 6.83. The summed E-state index contributed by atoms with van der Waals surface area (Å²) in [5.74, 6) is 0.100. The molecule has 3 aromatic rings. The zero-order chi connectivity index (χ0) is 16.2. The van der Waals surface area contributed by atoms with Crippen LogP contribution in [0.4, 0.5) is 14.8 Å². The molecule has 0 aliphatic rings. The number of hydrazone groups is 1. The third-order valence-corrected chi connectivity index (χ3v) is 3.11. The number of nitrogens with one attached hydrogen (secondary N) is 1. The zero-order valence-corrected chi connectivity index (χ0v) is 12.2. The van der Waals surface area contributed by atoms with Gasteiger partial charge in [-0.3, -0.25) is 0 Å². The highest BCUT2D eigenvalue weighted by Gasteiger charge is 2.06. The normalized spacial score (nSPS) is 11.9. The monoisotopic (exact) mass is 317 g/mol. The minimum absolute atomic E-state index is 0.100. The van der Waals surface area contributed by atoms with E-state index < -0.39 is 6.61 Å². The highest BCUT2D eigenvalue weighted by molar-refractivity contribution is 5.99. The van der Waals surface area contributed by atoms with Crippen molar-refractivity contribution in [3.8, 4) is 5.75 Å². The molecule has 5 nitrogen and oxygen atoms in total. The molecule has 0 fully saturated rings. The summed E-state index contributed by atoms with van der Waals surface area (Å²) in [6.07, 6.45) is 0. The van der Waals surface area contributed by atoms with Gasteiger partial charge in [0.05, 0.1) is 5.71 Å². The smallest absolute Gasteiger partial charge is 0.387 e. The Morgan fingerprint density at radius 1 is 1.17 bits per heavy atom. The molecule has 0 aliphatic heterocycles. The van der Waals surface area contributed by atoms with E-state index in [9.17, 15) is 8.78 Å². The molecule has 1 aromatic heterocycles. The second-order valence-corrected chi connectivity index (χ2v) is 4.70. The number of oxazole rings is 1. The summed E-state index contributed by atoms with van der Waals surface area (Å²) in [4.78, 5) is 4.24. The third-order valence-electron chi connectivity index (χ3n) is 3.11. The van der Waals surface area contributed by atoms with Crippen molar-refractivity contribution in [3.05, 3.63) is 54.1 Å². The van der Waals surface area contributed by atoms with Crippen molar-refractivity contribution in [3.63, 3.8) is 0 Å². The minimum atomic E-state index is -2.84. The lowest BCUT2D eigenvalue weighted by molar-refractivity contribution is -0.0498. The van der Waals surface area contributed by atoms with Gasteiger partial charge in [-0.05, 0) is 48.9 Å². The van der Waals surface area contributed by atoms with Crippen molar-refractivity contribution in [2.24, 2.45) is 5.10 Å². The van der Waals surface area contributed by atoms with Crippen molar-refractivity contribution < 1.29 is 17.9 Å². The molecule has 0 radical (unpaired) electrons. The maximum Gasteiger partial charge on any atom is 0.387 e. The molecule has 1 heterocycles. The summed E-state index contributed by atoms with van der Waals surface area (Å²) in [5.41, 5.74) is 5.54. The summed E-state index contributed by atoms with van der Waals surface area (Å²) in [5, 5.41) is 4.17. The Hall–Kier alpha value is -2.96. The number of ether oxygens (including phenoxy) is 1. The van der Waals surface area contributed by atoms with Gasteiger partial charge in [-0.25, -0.2) is 5.43 Å². The Morgan fingerprint density at radius 3 is 2.61 bits per heavy atom. The fourth-order valence-corrected chi connectivity index (χ4v) is 1.99. The van der Waals surface area contributed by atoms with Gasteiger partial charge in [0.1, 0.15) is 11.3 Å². The largest absolute Gasteiger partial charge is 0.435 e. The second kappa shape index (κ2) is 6.43. The fourth-order valence-electron chi connectivity index (χ4n) is 1.99. The summed E-state index contributed by atoms with van der Waals surface area (Å²) >= 11 is 0. The van der Waals surface area contributed by atoms with Gasteiger partial charge in [0.2, 0.25) is 0 Å². The standard InChI is InChI=1S/C16H13F2N3O2/c1-10(11-6-8-12(9-7-11)22-15(17)18)20-21-16-19-13-4-2-3-5-14(13)23-16/h2-9,15H,1H3,(H,19,21)/b20-10+. The van der Waals surface area contributed by atoms with Crippen molar-refractivity contribution in [2.75, 3.05) is 5.43 Å². The number of nitrogens with zero attached hydrogens (tertiary/aromatic N) is 2. The fraction of sp³-hybridized carbons (Fsp3) is 0.125. The van der Waals surface area contributed by atoms with E-state index in [1.54, 1.807) is 19.1 Å². The molecule has 0 spiro atoms. The van der Waals surface area contributed by atoms with Crippen LogP contribution in [-0.4, -0.2) is 17.3 Å². The molecule has 23 heavy (non-hydrogen) atoms. The molecule has 0 atom stereocenters. The van der Waals surface area contributed by atoms with Crippen molar-refractivity contribution in [1.82, 2.24) is 4.98 Å². The van der Waals surface area contributed by atoms with Crippen LogP contribution in [0.25, 0.3) is 11.1 Å². The Bertz CT molecular complexity index is 796. The van der Waals surface area contributed by atoms with Gasteiger partial charge in [-0.15, -0.1) is 0 Å². The summed E-state index contributed by atoms with van der Waals surface area (Å²) in [6.45, 7) is -1.06. The van der Waals surface area contributed by atoms with E-state index in [0.29, 0.717) is 11.3 Å². The van der Waals surface area contributed by atoms with Crippen LogP contribution in [0.3, 0.4) is 0 Å². The van der Waals surface area contributed by atoms with Crippen LogP contribution in [0, 0.1) is 0 Å². The summed E-state index contributed by atoms with van der Waals surface area (Å²) in [6, 6.07) is 13.9. The lowest BCUT2D eigenvalue weighted by Crippen LogP contribution is -2.03. The van der Waals surface area contributed by atoms with Crippen LogP contribution in [0.1, 0.15) is 12.5 Å². The number of alkyl halides is 2. The number of anilines is 1. The zero-order valence-electron chi connectivity index (χ0n) is 12.2. The van der Waals surface area contributed by atoms with Gasteiger partial charge in [0.25, 0.3) is 0 Å². The number of fused-ring (bicyclic) bond motifs is 1. The lowest BCUT2D eigenvalue weighted by atomic mass is 10.1. The first-order valence-electron chi connectivity index (χ1n) is 6.83. The van der Waals surface area contributed by atoms with E-state index in [1.807, 2.05) is 24.3 Å². The SMILES string of the molecule is C/C(=N\Nc1nc2ccccc2o1)c1ccc(OC(F)F)cc1. The van der Waals surface area contributed by atoms with Gasteiger partial charge in [0.15, 0.2) is 5.58 Å². The number of hydrogen-bond acceptors (Lipinski definition) is 5. The number of para-hydroxylation sites is 2. The minimum Gasteiger partial charge on any atom is -0.435 e. The predicted octanol–water partition coefficient (Wildman–Crippen LogP) is 4.27. The molecule has 2 aromatic carbocycles. The number of hydrogen-bond donors (Lipinski definition) is 1. The van der Waals surface area contributed by atoms with Crippen LogP contribution in [0.2, 0.25) is 0 Å². The quantitative estimate of drug-likeness (QED) is 0.564. The van der Waals surface area contributed by atoms with Crippen LogP contribution in [-0.2, 0) is 0 Å². The lowest BCUT2D eigenvalue weighted by Gasteiger charge is -2.05. The molecule has 7 heteroatoms. The van der Waals surface area contributed by atoms with E-state index >= 15 is 0 Å². The maximum atomic E-state index is 12.1. The van der Waals surface area contributed by atoms with E-state index in [4.69, 9.17) is 4.42 Å². The third kappa shape index (κ3) is 3.63. The Labute approximate surface area is 130 Å². The molecule has 3 rings (SSSR count). The average molecular weight is 317 g/mol. The van der Waals surface area contributed by atoms with Crippen molar-refractivity contribution in [1.29, 1.82) is 0 Å². The molecule has 1 N–H and O–H groups in total. The van der Waals surface area contributed by atoms with Crippen LogP contribution < -0.4 is 10.2 Å². The van der Waals surface area contributed by atoms with Gasteiger partial charge in [0, 0.05) is 0 Å². The molecule has 0 saturated heterocycles. The molecular weight excluding hydrogens is 304 g/mol. The van der Waals surface area contributed by atoms with Crippen LogP contribution >= 0.6 is 0 Å². The maximum absolute atomic E-state index is 12.1. The highest BCUT2D eigenvalue weighted by Crippen LogP contribution is 2.19. The van der Waals surface area contributed by atoms with Crippen molar-refractivity contribution in [2.45, 2.75) is 13.5 Å². The summed E-state index contributed by atoms with van der Waals surface area (Å²) in [7, 11) is 0. The van der Waals surface area contributed by atoms with E-state index in [2.05, 4.69) is 20.2 Å². The Morgan fingerprint density at radius 2 is 1.91 bits per heavy atom. The second-order valence-electron chi connectivity index (χ2n) is 4.70. The van der Waals surface area contributed by atoms with Gasteiger partial charge < -0.3 is 9.15 Å². The molecule has 0 saturated carbocycles. The molecule has 0 amide bonds. The van der Waals surface area contributed by atoms with E-state index in [-0.39, 0.29) is 11.8 Å². The predicted molar refractivity (Wildman–Crippen MR) is 82.9 cm³/mol. The van der Waals surface area contributed by atoms with Crippen molar-refractivity contribution >= 4 is 22.8 Å². The first kappa shape index (κ1) is 15.0. The van der Waals surface area contributed by atoms with Crippen LogP contribution in [0.15, 0.2) is 58.0 Å². The van der Waals surface area contributed by atoms with E-state index in [1.165, 1.54) is 12.1 Å². The number of aromatic nitrogens is 1. The average Bonchev–Trinajstić information content (AvgIpc) is 2.95. The Balaban J connectivity index is 1.71. The molecule has 0 unspecified atom stereocenters. The van der Waals surface area contributed by atoms with E-state index in [0.717, 1.165) is 11.1 Å². The van der Waals surface area contributed by atoms with Crippen LogP contribution in [0.5, 0.6) is 5.75 Å². The number of rotatable bonds is 5. The van der Waals surface area contributed by atoms with Gasteiger partial charge in [-0.1, -0.05) is 12.1 Å². The molecule has 118 valence electrons. The van der Waals surface area contributed by atoms with Gasteiger partial charge in [-0.2, -0.15) is 18.9 Å². The highest BCUT2D eigenvalue weighted by atomic mass is 19.3. The topological polar surface area (TPSA) is 59.7 Å². The summed E-state index contributed by atoms with van der Waals surface area (Å²) < 4.78 is 34.0. The Kier molecular flexibility index (Phi) is 4.18. The molecule has 0 bridgehead atoms. The number of benzene rings is 2. The molecular formula is C16H13F2N3O2. The number of halogens is 2. The van der Waals surface area contributed by atoms with Gasteiger partial charge >= 0.3 is 12.6 Å². The molecule has 0 aliphatic carbocycles.